The Bertz CT molecular complexity index is 791. The molecule has 6 nitrogen and oxygen atoms in total. The monoisotopic (exact) mass is 368 g/mol. The molecule has 142 valence electrons. The van der Waals surface area contributed by atoms with Gasteiger partial charge in [-0.25, -0.2) is 0 Å². The average Bonchev–Trinajstić information content (AvgIpc) is 3.00. The van der Waals surface area contributed by atoms with Gasteiger partial charge in [-0.05, 0) is 41.6 Å². The number of carboxylic acids is 1. The van der Waals surface area contributed by atoms with Crippen molar-refractivity contribution < 1.29 is 19.4 Å². The number of hydrogen-bond donors (Lipinski definition) is 3. The molecule has 1 aliphatic carbocycles. The summed E-state index contributed by atoms with van der Waals surface area (Å²) in [6, 6.07) is 14.8. The molecule has 1 unspecified atom stereocenters. The molecule has 5 N–H and O–H groups in total. The maximum Gasteiger partial charge on any atom is 0.321 e. The topological polar surface area (TPSA) is 116 Å². The van der Waals surface area contributed by atoms with Crippen LogP contribution >= 0.6 is 0 Å². The van der Waals surface area contributed by atoms with Gasteiger partial charge in [0.25, 0.3) is 0 Å². The van der Waals surface area contributed by atoms with Gasteiger partial charge in [0, 0.05) is 5.92 Å². The van der Waals surface area contributed by atoms with Crippen LogP contribution in [0.3, 0.4) is 0 Å². The molecule has 0 spiro atoms. The van der Waals surface area contributed by atoms with Crippen LogP contribution in [0.4, 0.5) is 0 Å². The predicted octanol–water partition coefficient (Wildman–Crippen LogP) is 2.11. The van der Waals surface area contributed by atoms with Crippen molar-refractivity contribution in [3.05, 3.63) is 59.7 Å². The van der Waals surface area contributed by atoms with Gasteiger partial charge < -0.3 is 21.3 Å². The quantitative estimate of drug-likeness (QED) is 0.615. The molecule has 0 heterocycles. The molecule has 1 aliphatic rings. The molecule has 0 aromatic heterocycles. The molecule has 0 radical (unpaired) electrons. The summed E-state index contributed by atoms with van der Waals surface area (Å²) in [6.07, 6.45) is 0.802. The number of carboxylic acid groups (broad SMARTS) is 1. The number of fused-ring (bicyclic) bond motifs is 3. The number of esters is 1. The number of ether oxygens (including phenoxy) is 1. The summed E-state index contributed by atoms with van der Waals surface area (Å²) in [5.41, 5.74) is 15.7. The standard InChI is InChI=1S/C21H24N2O4/c22-11-5-10-17(19(23)20(24)25)21(26)27-12-18-15-8-3-1-6-13(15)14-7-2-4-9-16(14)18/h1-4,6-9,17-19H,5,10-12,22-23H2,(H,24,25)/t17?,19-/m0/s1. The van der Waals surface area contributed by atoms with E-state index in [-0.39, 0.29) is 12.5 Å². The van der Waals surface area contributed by atoms with Gasteiger partial charge in [-0.15, -0.1) is 0 Å². The van der Waals surface area contributed by atoms with Crippen molar-refractivity contribution in [3.63, 3.8) is 0 Å². The van der Waals surface area contributed by atoms with Crippen molar-refractivity contribution in [3.8, 4) is 11.1 Å². The van der Waals surface area contributed by atoms with Crippen LogP contribution in [0.25, 0.3) is 11.1 Å². The van der Waals surface area contributed by atoms with Crippen molar-refractivity contribution in [1.29, 1.82) is 0 Å². The van der Waals surface area contributed by atoms with E-state index >= 15 is 0 Å². The number of benzene rings is 2. The molecular weight excluding hydrogens is 344 g/mol. The molecule has 0 aliphatic heterocycles. The average molecular weight is 368 g/mol. The molecule has 0 fully saturated rings. The molecule has 0 bridgehead atoms. The van der Waals surface area contributed by atoms with Crippen molar-refractivity contribution in [2.45, 2.75) is 24.8 Å². The molecule has 3 rings (SSSR count). The van der Waals surface area contributed by atoms with E-state index < -0.39 is 23.9 Å². The molecule has 0 saturated carbocycles. The van der Waals surface area contributed by atoms with E-state index in [0.717, 1.165) is 22.3 Å². The molecule has 2 atom stereocenters. The summed E-state index contributed by atoms with van der Waals surface area (Å²) >= 11 is 0. The zero-order chi connectivity index (χ0) is 19.4. The fourth-order valence-corrected chi connectivity index (χ4v) is 3.67. The number of carbonyl (C=O) groups is 2. The minimum atomic E-state index is -1.30. The zero-order valence-corrected chi connectivity index (χ0v) is 15.0. The maximum atomic E-state index is 12.6. The predicted molar refractivity (Wildman–Crippen MR) is 102 cm³/mol. The lowest BCUT2D eigenvalue weighted by atomic mass is 9.94. The summed E-state index contributed by atoms with van der Waals surface area (Å²) in [5, 5.41) is 9.18. The molecule has 27 heavy (non-hydrogen) atoms. The first-order chi connectivity index (χ1) is 13.0. The van der Waals surface area contributed by atoms with E-state index in [2.05, 4.69) is 12.1 Å². The normalized spacial score (nSPS) is 14.9. The van der Waals surface area contributed by atoms with Crippen molar-refractivity contribution in [2.75, 3.05) is 13.2 Å². The van der Waals surface area contributed by atoms with Crippen LogP contribution in [0.1, 0.15) is 29.9 Å². The lowest BCUT2D eigenvalue weighted by Crippen LogP contribution is -2.43. The van der Waals surface area contributed by atoms with Gasteiger partial charge in [0.15, 0.2) is 0 Å². The minimum Gasteiger partial charge on any atom is -0.480 e. The third-order valence-corrected chi connectivity index (χ3v) is 5.10. The van der Waals surface area contributed by atoms with Gasteiger partial charge >= 0.3 is 11.9 Å². The number of nitrogens with two attached hydrogens (primary N) is 2. The highest BCUT2D eigenvalue weighted by Crippen LogP contribution is 2.44. The Morgan fingerprint density at radius 3 is 2.11 bits per heavy atom. The first-order valence-electron chi connectivity index (χ1n) is 9.08. The van der Waals surface area contributed by atoms with E-state index in [9.17, 15) is 14.7 Å². The Labute approximate surface area is 158 Å². The Hall–Kier alpha value is -2.70. The molecule has 6 heteroatoms. The van der Waals surface area contributed by atoms with E-state index in [1.807, 2.05) is 36.4 Å². The molecular formula is C21H24N2O4. The second-order valence-electron chi connectivity index (χ2n) is 6.76. The fourth-order valence-electron chi connectivity index (χ4n) is 3.67. The van der Waals surface area contributed by atoms with Gasteiger partial charge in [-0.2, -0.15) is 0 Å². The zero-order valence-electron chi connectivity index (χ0n) is 15.0. The molecule has 2 aromatic rings. The molecule has 0 saturated heterocycles. The van der Waals surface area contributed by atoms with Gasteiger partial charge in [-0.3, -0.25) is 9.59 Å². The molecule has 2 aromatic carbocycles. The van der Waals surface area contributed by atoms with Crippen molar-refractivity contribution in [1.82, 2.24) is 0 Å². The third kappa shape index (κ3) is 3.86. The largest absolute Gasteiger partial charge is 0.480 e. The lowest BCUT2D eigenvalue weighted by molar-refractivity contribution is -0.155. The first kappa shape index (κ1) is 19.1. The Kier molecular flexibility index (Phi) is 5.88. The van der Waals surface area contributed by atoms with Crippen LogP contribution < -0.4 is 11.5 Å². The lowest BCUT2D eigenvalue weighted by Gasteiger charge is -2.21. The number of carbonyl (C=O) groups excluding carboxylic acids is 1. The SMILES string of the molecule is NCCCC(C(=O)OCC1c2ccccc2-c2ccccc21)[C@H](N)C(=O)O. The summed E-state index contributed by atoms with van der Waals surface area (Å²) < 4.78 is 5.55. The van der Waals surface area contributed by atoms with Crippen LogP contribution in [0.15, 0.2) is 48.5 Å². The van der Waals surface area contributed by atoms with Gasteiger partial charge in [0.2, 0.25) is 0 Å². The van der Waals surface area contributed by atoms with Crippen LogP contribution in [0.5, 0.6) is 0 Å². The molecule has 0 amide bonds. The van der Waals surface area contributed by atoms with E-state index in [1.54, 1.807) is 0 Å². The van der Waals surface area contributed by atoms with Crippen LogP contribution in [0.2, 0.25) is 0 Å². The number of aliphatic carboxylic acids is 1. The van der Waals surface area contributed by atoms with Gasteiger partial charge in [0.05, 0.1) is 5.92 Å². The number of rotatable bonds is 8. The summed E-state index contributed by atoms with van der Waals surface area (Å²) in [5.74, 6) is -2.78. The maximum absolute atomic E-state index is 12.6. The second kappa shape index (κ2) is 8.33. The Balaban J connectivity index is 1.77. The fraction of sp³-hybridized carbons (Fsp3) is 0.333. The van der Waals surface area contributed by atoms with Crippen molar-refractivity contribution >= 4 is 11.9 Å². The number of hydrogen-bond acceptors (Lipinski definition) is 5. The van der Waals surface area contributed by atoms with Gasteiger partial charge in [0.1, 0.15) is 12.6 Å². The first-order valence-corrected chi connectivity index (χ1v) is 9.08. The summed E-state index contributed by atoms with van der Waals surface area (Å²) in [4.78, 5) is 23.8. The Morgan fingerprint density at radius 1 is 1.04 bits per heavy atom. The highest BCUT2D eigenvalue weighted by molar-refractivity contribution is 5.84. The third-order valence-electron chi connectivity index (χ3n) is 5.10. The Morgan fingerprint density at radius 2 is 1.59 bits per heavy atom. The highest BCUT2D eigenvalue weighted by Gasteiger charge is 2.34. The highest BCUT2D eigenvalue weighted by atomic mass is 16.5. The van der Waals surface area contributed by atoms with E-state index in [4.69, 9.17) is 16.2 Å². The van der Waals surface area contributed by atoms with Crippen molar-refractivity contribution in [2.24, 2.45) is 17.4 Å². The van der Waals surface area contributed by atoms with Crippen LogP contribution in [-0.2, 0) is 14.3 Å². The van der Waals surface area contributed by atoms with Crippen LogP contribution in [-0.4, -0.2) is 36.2 Å². The van der Waals surface area contributed by atoms with E-state index in [1.165, 1.54) is 0 Å². The summed E-state index contributed by atoms with van der Waals surface area (Å²) in [7, 11) is 0. The van der Waals surface area contributed by atoms with E-state index in [0.29, 0.717) is 19.4 Å². The smallest absolute Gasteiger partial charge is 0.321 e. The van der Waals surface area contributed by atoms with Gasteiger partial charge in [-0.1, -0.05) is 48.5 Å². The van der Waals surface area contributed by atoms with Crippen LogP contribution in [0, 0.1) is 5.92 Å². The second-order valence-corrected chi connectivity index (χ2v) is 6.76. The summed E-state index contributed by atoms with van der Waals surface area (Å²) in [6.45, 7) is 0.512. The minimum absolute atomic E-state index is 0.0717.